The smallest absolute Gasteiger partial charge is 0.243 e. The first-order valence-corrected chi connectivity index (χ1v) is 8.88. The van der Waals surface area contributed by atoms with Crippen molar-refractivity contribution in [3.63, 3.8) is 0 Å². The topological polar surface area (TPSA) is 174 Å². The minimum Gasteiger partial charge on any atom is -0.412 e. The molecule has 2 amide bonds. The van der Waals surface area contributed by atoms with Crippen LogP contribution in [0.1, 0.15) is 38.5 Å². The van der Waals surface area contributed by atoms with Crippen LogP contribution in [0.25, 0.3) is 0 Å². The molecule has 8 N–H and O–H groups in total. The van der Waals surface area contributed by atoms with Gasteiger partial charge in [0.15, 0.2) is 5.96 Å². The lowest BCUT2D eigenvalue weighted by Gasteiger charge is -2.27. The molecular weight excluding hydrogens is 447 g/mol. The number of halogens is 3. The van der Waals surface area contributed by atoms with Gasteiger partial charge in [0, 0.05) is 13.1 Å². The van der Waals surface area contributed by atoms with E-state index in [-0.39, 0.29) is 66.5 Å². The van der Waals surface area contributed by atoms with Gasteiger partial charge in [-0.15, -0.1) is 37.2 Å². The number of nitrogens with zero attached hydrogens (tertiary/aromatic N) is 2. The Kier molecular flexibility index (Phi) is 18.4. The molecule has 0 aromatic rings. The summed E-state index contributed by atoms with van der Waals surface area (Å²) < 4.78 is 0. The van der Waals surface area contributed by atoms with Crippen molar-refractivity contribution in [2.75, 3.05) is 19.6 Å². The number of nitrogens with one attached hydrogen (secondary N) is 2. The minimum absolute atomic E-state index is 0. The first-order chi connectivity index (χ1) is 12.0. The molecule has 0 radical (unpaired) electrons. The predicted molar refractivity (Wildman–Crippen MR) is 119 cm³/mol. The third-order valence-corrected chi connectivity index (χ3v) is 4.66. The number of rotatable bonds is 8. The molecule has 0 aliphatic carbocycles. The number of guanidine groups is 1. The molecule has 2 saturated heterocycles. The third-order valence-electron chi connectivity index (χ3n) is 4.66. The molecule has 0 spiro atoms. The van der Waals surface area contributed by atoms with Crippen molar-refractivity contribution in [1.29, 1.82) is 0 Å². The summed E-state index contributed by atoms with van der Waals surface area (Å²) in [6, 6.07) is -1.27. The molecule has 2 fully saturated rings. The summed E-state index contributed by atoms with van der Waals surface area (Å²) in [6.45, 7) is 1.83. The molecule has 2 heterocycles. The van der Waals surface area contributed by atoms with Crippen LogP contribution in [0.2, 0.25) is 0 Å². The van der Waals surface area contributed by atoms with E-state index >= 15 is 0 Å². The maximum Gasteiger partial charge on any atom is 0.243 e. The summed E-state index contributed by atoms with van der Waals surface area (Å²) in [5, 5.41) is 5.92. The van der Waals surface area contributed by atoms with Gasteiger partial charge in [0.1, 0.15) is 12.3 Å². The molecular formula is C16H33Cl3N6O4. The number of nitrogens with two attached hydrogens (primary N) is 2. The highest BCUT2D eigenvalue weighted by atomic mass is 35.5. The fourth-order valence-corrected chi connectivity index (χ4v) is 3.37. The number of amides is 2. The lowest BCUT2D eigenvalue weighted by atomic mass is 10.1. The van der Waals surface area contributed by atoms with Gasteiger partial charge in [-0.1, -0.05) is 0 Å². The molecule has 3 atom stereocenters. The third kappa shape index (κ3) is 9.81. The summed E-state index contributed by atoms with van der Waals surface area (Å²) in [6.07, 6.45) is 4.97. The van der Waals surface area contributed by atoms with E-state index in [9.17, 15) is 14.4 Å². The lowest BCUT2D eigenvalue weighted by Crippen LogP contribution is -2.52. The number of aliphatic imine (C=N–C) groups is 1. The standard InChI is InChI=1S/C16H28N6O3.3ClH.H2O/c17-16(18)20-8-1-4-11(10-23)21-14(24)13-6-3-9-22(13)15(25)12-5-2-7-19-12;;;;/h10-13,19H,1-9H2,(H,21,24)(H4,17,18,20);3*1H;1H2/t11-,12-,13-;;;;/m0..../s1. The normalized spacial score (nSPS) is 20.6. The molecule has 0 bridgehead atoms. The molecule has 2 aliphatic rings. The van der Waals surface area contributed by atoms with Gasteiger partial charge in [-0.25, -0.2) is 0 Å². The van der Waals surface area contributed by atoms with Gasteiger partial charge in [0.25, 0.3) is 0 Å². The fraction of sp³-hybridized carbons (Fsp3) is 0.750. The average Bonchev–Trinajstić information content (AvgIpc) is 3.28. The lowest BCUT2D eigenvalue weighted by molar-refractivity contribution is -0.140. The Labute approximate surface area is 189 Å². The van der Waals surface area contributed by atoms with E-state index < -0.39 is 12.1 Å². The van der Waals surface area contributed by atoms with E-state index in [2.05, 4.69) is 15.6 Å². The molecule has 13 heteroatoms. The molecule has 0 unspecified atom stereocenters. The molecule has 10 nitrogen and oxygen atoms in total. The quantitative estimate of drug-likeness (QED) is 0.149. The highest BCUT2D eigenvalue weighted by Crippen LogP contribution is 2.21. The Balaban J connectivity index is -0.00000169. The number of hydrogen-bond acceptors (Lipinski definition) is 5. The Hall–Kier alpha value is -1.33. The molecule has 172 valence electrons. The SMILES string of the molecule is Cl.Cl.Cl.NC(N)=NCCC[C@@H](C=O)NC(=O)[C@@H]1CCCN1C(=O)[C@@H]1CCCN1.O. The molecule has 2 rings (SSSR count). The van der Waals surface area contributed by atoms with Gasteiger partial charge in [0.2, 0.25) is 11.8 Å². The fourth-order valence-electron chi connectivity index (χ4n) is 3.37. The number of carbonyl (C=O) groups is 3. The molecule has 0 aromatic carbocycles. The van der Waals surface area contributed by atoms with Gasteiger partial charge in [-0.3, -0.25) is 14.6 Å². The number of aldehydes is 1. The zero-order chi connectivity index (χ0) is 18.2. The molecule has 29 heavy (non-hydrogen) atoms. The van der Waals surface area contributed by atoms with Crippen LogP contribution >= 0.6 is 37.2 Å². The first kappa shape index (κ1) is 32.3. The van der Waals surface area contributed by atoms with Crippen molar-refractivity contribution in [3.8, 4) is 0 Å². The van der Waals surface area contributed by atoms with E-state index in [0.717, 1.165) is 25.8 Å². The monoisotopic (exact) mass is 478 g/mol. The zero-order valence-corrected chi connectivity index (χ0v) is 18.6. The van der Waals surface area contributed by atoms with Crippen molar-refractivity contribution in [2.24, 2.45) is 16.5 Å². The maximum absolute atomic E-state index is 12.6. The maximum atomic E-state index is 12.6. The summed E-state index contributed by atoms with van der Waals surface area (Å²) in [4.78, 5) is 41.8. The van der Waals surface area contributed by atoms with Crippen molar-refractivity contribution in [1.82, 2.24) is 15.5 Å². The Bertz CT molecular complexity index is 531. The van der Waals surface area contributed by atoms with Gasteiger partial charge in [-0.2, -0.15) is 0 Å². The van der Waals surface area contributed by atoms with Crippen LogP contribution in [-0.4, -0.2) is 72.2 Å². The highest BCUT2D eigenvalue weighted by molar-refractivity contribution is 5.91. The largest absolute Gasteiger partial charge is 0.412 e. The van der Waals surface area contributed by atoms with E-state index in [4.69, 9.17) is 11.5 Å². The molecule has 0 aromatic heterocycles. The first-order valence-electron chi connectivity index (χ1n) is 8.88. The van der Waals surface area contributed by atoms with Crippen LogP contribution in [0.3, 0.4) is 0 Å². The number of likely N-dealkylation sites (tertiary alicyclic amines) is 1. The van der Waals surface area contributed by atoms with Crippen LogP contribution in [0, 0.1) is 0 Å². The number of hydrogen-bond donors (Lipinski definition) is 4. The minimum atomic E-state index is -0.594. The Morgan fingerprint density at radius 1 is 1.21 bits per heavy atom. The average molecular weight is 480 g/mol. The van der Waals surface area contributed by atoms with Crippen molar-refractivity contribution in [3.05, 3.63) is 0 Å². The van der Waals surface area contributed by atoms with Crippen LogP contribution in [-0.2, 0) is 14.4 Å². The van der Waals surface area contributed by atoms with Crippen LogP contribution < -0.4 is 22.1 Å². The van der Waals surface area contributed by atoms with Gasteiger partial charge in [0.05, 0.1) is 12.1 Å². The van der Waals surface area contributed by atoms with Crippen molar-refractivity contribution >= 4 is 61.3 Å². The van der Waals surface area contributed by atoms with Gasteiger partial charge in [-0.05, 0) is 45.1 Å². The summed E-state index contributed by atoms with van der Waals surface area (Å²) in [5.74, 6) is -0.263. The second-order valence-electron chi connectivity index (χ2n) is 6.54. The van der Waals surface area contributed by atoms with E-state index in [1.54, 1.807) is 4.90 Å². The van der Waals surface area contributed by atoms with Crippen molar-refractivity contribution in [2.45, 2.75) is 56.7 Å². The van der Waals surface area contributed by atoms with Crippen LogP contribution in [0.4, 0.5) is 0 Å². The second kappa shape index (κ2) is 16.5. The van der Waals surface area contributed by atoms with Gasteiger partial charge >= 0.3 is 0 Å². The Morgan fingerprint density at radius 3 is 2.45 bits per heavy atom. The highest BCUT2D eigenvalue weighted by Gasteiger charge is 2.38. The zero-order valence-electron chi connectivity index (χ0n) is 16.2. The molecule has 0 saturated carbocycles. The van der Waals surface area contributed by atoms with E-state index in [0.29, 0.717) is 38.6 Å². The number of carbonyl (C=O) groups excluding carboxylic acids is 3. The Morgan fingerprint density at radius 2 is 1.90 bits per heavy atom. The predicted octanol–water partition coefficient (Wildman–Crippen LogP) is -1.09. The summed E-state index contributed by atoms with van der Waals surface area (Å²) in [5.41, 5.74) is 10.5. The van der Waals surface area contributed by atoms with Gasteiger partial charge < -0.3 is 37.3 Å². The van der Waals surface area contributed by atoms with Crippen molar-refractivity contribution < 1.29 is 19.9 Å². The summed E-state index contributed by atoms with van der Waals surface area (Å²) >= 11 is 0. The summed E-state index contributed by atoms with van der Waals surface area (Å²) in [7, 11) is 0. The van der Waals surface area contributed by atoms with Crippen LogP contribution in [0.5, 0.6) is 0 Å². The van der Waals surface area contributed by atoms with E-state index in [1.807, 2.05) is 0 Å². The van der Waals surface area contributed by atoms with E-state index in [1.165, 1.54) is 0 Å². The molecule has 2 aliphatic heterocycles. The van der Waals surface area contributed by atoms with Crippen LogP contribution in [0.15, 0.2) is 4.99 Å². The second-order valence-corrected chi connectivity index (χ2v) is 6.54.